The number of halogens is 1. The van der Waals surface area contributed by atoms with Gasteiger partial charge >= 0.3 is 5.97 Å². The second-order valence-electron chi connectivity index (χ2n) is 7.69. The van der Waals surface area contributed by atoms with E-state index in [0.29, 0.717) is 31.9 Å². The van der Waals surface area contributed by atoms with E-state index in [1.165, 1.54) is 4.88 Å². The number of aryl methyl sites for hydroxylation is 1. The molecule has 1 fully saturated rings. The van der Waals surface area contributed by atoms with Gasteiger partial charge in [-0.05, 0) is 56.5 Å². The number of rotatable bonds is 5. The third-order valence-corrected chi connectivity index (χ3v) is 7.03. The maximum Gasteiger partial charge on any atom is 0.310 e. The van der Waals surface area contributed by atoms with Crippen LogP contribution >= 0.6 is 27.3 Å². The molecule has 1 aromatic carbocycles. The van der Waals surface area contributed by atoms with Crippen molar-refractivity contribution >= 4 is 49.4 Å². The zero-order valence-electron chi connectivity index (χ0n) is 17.2. The van der Waals surface area contributed by atoms with Crippen molar-refractivity contribution < 1.29 is 14.3 Å². The lowest BCUT2D eigenvalue weighted by atomic mass is 9.98. The second-order valence-corrected chi connectivity index (χ2v) is 9.89. The van der Waals surface area contributed by atoms with Crippen LogP contribution in [0.2, 0.25) is 0 Å². The van der Waals surface area contributed by atoms with Crippen molar-refractivity contribution in [1.29, 1.82) is 0 Å². The van der Waals surface area contributed by atoms with Crippen LogP contribution in [0.15, 0.2) is 40.9 Å². The van der Waals surface area contributed by atoms with Crippen molar-refractivity contribution in [2.24, 2.45) is 5.92 Å². The number of fused-ring (bicyclic) bond motifs is 1. The normalized spacial score (nSPS) is 16.8. The zero-order chi connectivity index (χ0) is 21.3. The number of nitrogens with zero attached hydrogens (tertiary/aromatic N) is 2. The number of ether oxygens (including phenoxy) is 1. The van der Waals surface area contributed by atoms with Gasteiger partial charge in [0.1, 0.15) is 5.69 Å². The summed E-state index contributed by atoms with van der Waals surface area (Å²) in [5.41, 5.74) is 2.91. The number of thiophene rings is 1. The average Bonchev–Trinajstić information content (AvgIpc) is 3.26. The summed E-state index contributed by atoms with van der Waals surface area (Å²) in [6.45, 7) is 5.99. The average molecular weight is 489 g/mol. The first-order chi connectivity index (χ1) is 14.5. The van der Waals surface area contributed by atoms with Crippen LogP contribution in [0.3, 0.4) is 0 Å². The molecule has 3 aromatic rings. The Hall–Kier alpha value is -2.12. The van der Waals surface area contributed by atoms with Crippen LogP contribution in [-0.2, 0) is 16.1 Å². The predicted octanol–water partition coefficient (Wildman–Crippen LogP) is 5.24. The molecule has 3 heterocycles. The van der Waals surface area contributed by atoms with E-state index in [1.54, 1.807) is 11.3 Å². The first-order valence-electron chi connectivity index (χ1n) is 10.3. The third kappa shape index (κ3) is 4.32. The van der Waals surface area contributed by atoms with E-state index in [1.807, 2.05) is 30.0 Å². The summed E-state index contributed by atoms with van der Waals surface area (Å²) in [5.74, 6) is -0.445. The molecule has 5 nitrogen and oxygen atoms in total. The molecule has 0 aliphatic carbocycles. The molecule has 0 bridgehead atoms. The first-order valence-corrected chi connectivity index (χ1v) is 11.9. The third-order valence-electron chi connectivity index (χ3n) is 5.51. The van der Waals surface area contributed by atoms with E-state index in [9.17, 15) is 9.59 Å². The van der Waals surface area contributed by atoms with E-state index in [0.717, 1.165) is 33.1 Å². The summed E-state index contributed by atoms with van der Waals surface area (Å²) < 4.78 is 9.45. The van der Waals surface area contributed by atoms with Crippen molar-refractivity contribution in [3.05, 3.63) is 57.0 Å². The van der Waals surface area contributed by atoms with Crippen molar-refractivity contribution in [3.63, 3.8) is 0 Å². The van der Waals surface area contributed by atoms with Gasteiger partial charge in [0.05, 0.1) is 22.7 Å². The van der Waals surface area contributed by atoms with Gasteiger partial charge in [0.2, 0.25) is 0 Å². The number of likely N-dealkylation sites (tertiary alicyclic amines) is 1. The van der Waals surface area contributed by atoms with Crippen LogP contribution in [-0.4, -0.2) is 41.0 Å². The lowest BCUT2D eigenvalue weighted by molar-refractivity contribution is -0.149. The molecule has 1 aliphatic heterocycles. The summed E-state index contributed by atoms with van der Waals surface area (Å²) in [5, 5.41) is 0. The van der Waals surface area contributed by atoms with E-state index in [2.05, 4.69) is 45.6 Å². The van der Waals surface area contributed by atoms with Crippen LogP contribution < -0.4 is 0 Å². The molecule has 4 rings (SSSR count). The van der Waals surface area contributed by atoms with Gasteiger partial charge in [-0.3, -0.25) is 9.59 Å². The Morgan fingerprint density at radius 2 is 2.00 bits per heavy atom. The van der Waals surface area contributed by atoms with E-state index in [-0.39, 0.29) is 17.8 Å². The topological polar surface area (TPSA) is 51.5 Å². The summed E-state index contributed by atoms with van der Waals surface area (Å²) in [6.07, 6.45) is 1.59. The maximum absolute atomic E-state index is 13.5. The van der Waals surface area contributed by atoms with Crippen LogP contribution in [0.1, 0.15) is 40.7 Å². The highest BCUT2D eigenvalue weighted by atomic mass is 79.9. The monoisotopic (exact) mass is 488 g/mol. The number of esters is 1. The highest BCUT2D eigenvalue weighted by Crippen LogP contribution is 2.31. The van der Waals surface area contributed by atoms with Gasteiger partial charge in [-0.1, -0.05) is 28.1 Å². The fourth-order valence-corrected chi connectivity index (χ4v) is 5.29. The Kier molecular flexibility index (Phi) is 6.29. The molecule has 1 saturated heterocycles. The van der Waals surface area contributed by atoms with Gasteiger partial charge in [-0.15, -0.1) is 11.3 Å². The number of benzene rings is 1. The minimum atomic E-state index is -0.235. The van der Waals surface area contributed by atoms with Crippen molar-refractivity contribution in [2.75, 3.05) is 19.7 Å². The van der Waals surface area contributed by atoms with Crippen molar-refractivity contribution in [2.45, 2.75) is 33.2 Å². The summed E-state index contributed by atoms with van der Waals surface area (Å²) in [4.78, 5) is 28.7. The molecular formula is C23H25BrN2O3S. The van der Waals surface area contributed by atoms with Crippen LogP contribution in [0.5, 0.6) is 0 Å². The fraction of sp³-hybridized carbons (Fsp3) is 0.391. The number of piperidine rings is 1. The second kappa shape index (κ2) is 8.94. The van der Waals surface area contributed by atoms with Gasteiger partial charge in [0, 0.05) is 29.0 Å². The molecule has 0 unspecified atom stereocenters. The summed E-state index contributed by atoms with van der Waals surface area (Å²) in [6, 6.07) is 12.3. The highest BCUT2D eigenvalue weighted by molar-refractivity contribution is 9.10. The smallest absolute Gasteiger partial charge is 0.310 e. The number of aromatic nitrogens is 1. The Morgan fingerprint density at radius 1 is 1.23 bits per heavy atom. The lowest BCUT2D eigenvalue weighted by Gasteiger charge is -2.31. The van der Waals surface area contributed by atoms with E-state index >= 15 is 0 Å². The number of amides is 1. The molecule has 7 heteroatoms. The molecule has 1 aliphatic rings. The molecule has 2 aromatic heterocycles. The van der Waals surface area contributed by atoms with Crippen LogP contribution in [0, 0.1) is 12.8 Å². The van der Waals surface area contributed by atoms with Crippen molar-refractivity contribution in [3.8, 4) is 0 Å². The van der Waals surface area contributed by atoms with E-state index < -0.39 is 0 Å². The SMILES string of the molecule is CCOC(=O)[C@@H]1CCCN(C(=O)c2cc3sc(C)cc3n2Cc2ccc(Br)cc2)C1. The standard InChI is InChI=1S/C23H25BrN2O3S/c1-3-29-23(28)17-5-4-10-25(14-17)22(27)20-12-21-19(11-15(2)30-21)26(20)13-16-6-8-18(24)9-7-16/h6-9,11-12,17H,3-5,10,13-14H2,1-2H3/t17-/m1/s1. The Morgan fingerprint density at radius 3 is 2.73 bits per heavy atom. The van der Waals surface area contributed by atoms with Crippen LogP contribution in [0.4, 0.5) is 0 Å². The molecule has 30 heavy (non-hydrogen) atoms. The summed E-state index contributed by atoms with van der Waals surface area (Å²) in [7, 11) is 0. The largest absolute Gasteiger partial charge is 0.466 e. The van der Waals surface area contributed by atoms with E-state index in [4.69, 9.17) is 4.74 Å². The molecular weight excluding hydrogens is 464 g/mol. The highest BCUT2D eigenvalue weighted by Gasteiger charge is 2.31. The Balaban J connectivity index is 1.64. The number of carbonyl (C=O) groups is 2. The number of hydrogen-bond acceptors (Lipinski definition) is 4. The predicted molar refractivity (Wildman–Crippen MR) is 123 cm³/mol. The minimum Gasteiger partial charge on any atom is -0.466 e. The zero-order valence-corrected chi connectivity index (χ0v) is 19.6. The quantitative estimate of drug-likeness (QED) is 0.461. The minimum absolute atomic E-state index is 0.0119. The van der Waals surface area contributed by atoms with Gasteiger partial charge < -0.3 is 14.2 Å². The summed E-state index contributed by atoms with van der Waals surface area (Å²) >= 11 is 5.18. The molecule has 0 N–H and O–H groups in total. The van der Waals surface area contributed by atoms with Gasteiger partial charge in [-0.2, -0.15) is 0 Å². The lowest BCUT2D eigenvalue weighted by Crippen LogP contribution is -2.43. The maximum atomic E-state index is 13.5. The first kappa shape index (κ1) is 21.1. The molecule has 0 radical (unpaired) electrons. The molecule has 1 amide bonds. The molecule has 0 saturated carbocycles. The molecule has 158 valence electrons. The van der Waals surface area contributed by atoms with Gasteiger partial charge in [0.25, 0.3) is 5.91 Å². The van der Waals surface area contributed by atoms with Gasteiger partial charge in [-0.25, -0.2) is 0 Å². The Bertz CT molecular complexity index is 1070. The van der Waals surface area contributed by atoms with Crippen LogP contribution in [0.25, 0.3) is 10.2 Å². The molecule has 0 spiro atoms. The Labute approximate surface area is 188 Å². The fourth-order valence-electron chi connectivity index (χ4n) is 4.06. The number of hydrogen-bond donors (Lipinski definition) is 0. The van der Waals surface area contributed by atoms with Crippen molar-refractivity contribution in [1.82, 2.24) is 9.47 Å². The number of carbonyl (C=O) groups excluding carboxylic acids is 2. The molecule has 1 atom stereocenters. The van der Waals surface area contributed by atoms with Gasteiger partial charge in [0.15, 0.2) is 0 Å².